The fourth-order valence-corrected chi connectivity index (χ4v) is 5.28. The molecule has 1 heterocycles. The Labute approximate surface area is 208 Å². The lowest BCUT2D eigenvalue weighted by molar-refractivity contribution is -0.116. The monoisotopic (exact) mass is 486 g/mol. The molecule has 0 aromatic heterocycles. The van der Waals surface area contributed by atoms with Gasteiger partial charge in [-0.3, -0.25) is 9.59 Å². The highest BCUT2D eigenvalue weighted by atomic mass is 35.5. The van der Waals surface area contributed by atoms with Gasteiger partial charge in [-0.2, -0.15) is 0 Å². The Morgan fingerprint density at radius 3 is 2.46 bits per heavy atom. The van der Waals surface area contributed by atoms with Crippen molar-refractivity contribution in [2.75, 3.05) is 5.32 Å². The highest BCUT2D eigenvalue weighted by Crippen LogP contribution is 2.46. The van der Waals surface area contributed by atoms with E-state index in [4.69, 9.17) is 11.6 Å². The van der Waals surface area contributed by atoms with Crippen LogP contribution in [0.2, 0.25) is 5.02 Å². The third-order valence-corrected chi connectivity index (χ3v) is 6.84. The molecule has 0 radical (unpaired) electrons. The van der Waals surface area contributed by atoms with Crippen LogP contribution in [-0.4, -0.2) is 11.7 Å². The second kappa shape index (κ2) is 9.51. The summed E-state index contributed by atoms with van der Waals surface area (Å²) < 4.78 is 13.7. The maximum atomic E-state index is 13.7. The average Bonchev–Trinajstić information content (AvgIpc) is 2.83. The van der Waals surface area contributed by atoms with Crippen molar-refractivity contribution in [2.45, 2.75) is 31.6 Å². The number of anilines is 1. The first-order valence-electron chi connectivity index (χ1n) is 11.5. The number of carbonyl (C=O) groups is 2. The number of carbonyl (C=O) groups excluding carboxylic acids is 2. The van der Waals surface area contributed by atoms with Gasteiger partial charge < -0.3 is 10.6 Å². The van der Waals surface area contributed by atoms with Crippen LogP contribution in [0.1, 0.15) is 42.7 Å². The predicted octanol–water partition coefficient (Wildman–Crippen LogP) is 6.48. The minimum atomic E-state index is -0.581. The predicted molar refractivity (Wildman–Crippen MR) is 136 cm³/mol. The molecule has 3 aromatic rings. The van der Waals surface area contributed by atoms with E-state index in [0.29, 0.717) is 40.4 Å². The van der Waals surface area contributed by atoms with Crippen molar-refractivity contribution in [1.82, 2.24) is 5.32 Å². The largest absolute Gasteiger partial charge is 0.362 e. The summed E-state index contributed by atoms with van der Waals surface area (Å²) in [5.74, 6) is -1.36. The van der Waals surface area contributed by atoms with E-state index in [-0.39, 0.29) is 11.7 Å². The van der Waals surface area contributed by atoms with Crippen LogP contribution in [-0.2, 0) is 9.59 Å². The molecule has 5 rings (SSSR count). The molecule has 2 atom stereocenters. The van der Waals surface area contributed by atoms with E-state index in [1.54, 1.807) is 18.2 Å². The van der Waals surface area contributed by atoms with Crippen LogP contribution in [0.3, 0.4) is 0 Å². The lowest BCUT2D eigenvalue weighted by Gasteiger charge is -2.37. The van der Waals surface area contributed by atoms with Crippen molar-refractivity contribution in [3.63, 3.8) is 0 Å². The van der Waals surface area contributed by atoms with Crippen LogP contribution < -0.4 is 10.6 Å². The summed E-state index contributed by atoms with van der Waals surface area (Å²) in [6, 6.07) is 23.0. The number of amides is 1. The summed E-state index contributed by atoms with van der Waals surface area (Å²) in [7, 11) is 0. The smallest absolute Gasteiger partial charge is 0.254 e. The van der Waals surface area contributed by atoms with E-state index >= 15 is 0 Å². The average molecular weight is 487 g/mol. The maximum Gasteiger partial charge on any atom is 0.254 e. The van der Waals surface area contributed by atoms with Gasteiger partial charge in [0.2, 0.25) is 0 Å². The van der Waals surface area contributed by atoms with E-state index in [9.17, 15) is 14.0 Å². The standard InChI is InChI=1S/C29H24ClFN2O2/c1-17-26(29(35)33-23-12-6-11-22(31)16-23)27(19-9-5-10-21(30)13-19)28-24(32-17)14-20(15-25(28)34)18-7-3-2-4-8-18/h2-13,16,20,27,32H,14-15H2,1H3,(H,33,35)/t20-,27-/m0/s1. The van der Waals surface area contributed by atoms with Crippen LogP contribution in [0.5, 0.6) is 0 Å². The molecule has 1 aliphatic carbocycles. The van der Waals surface area contributed by atoms with Crippen LogP contribution in [0.25, 0.3) is 0 Å². The zero-order chi connectivity index (χ0) is 24.5. The molecule has 1 amide bonds. The number of benzene rings is 3. The minimum Gasteiger partial charge on any atom is -0.362 e. The highest BCUT2D eigenvalue weighted by Gasteiger charge is 2.41. The lowest BCUT2D eigenvalue weighted by atomic mass is 9.71. The molecule has 0 saturated carbocycles. The van der Waals surface area contributed by atoms with Crippen molar-refractivity contribution < 1.29 is 14.0 Å². The van der Waals surface area contributed by atoms with Gasteiger partial charge in [0.25, 0.3) is 5.91 Å². The van der Waals surface area contributed by atoms with Crippen molar-refractivity contribution in [3.05, 3.63) is 123 Å². The van der Waals surface area contributed by atoms with Gasteiger partial charge in [0, 0.05) is 45.6 Å². The van der Waals surface area contributed by atoms with E-state index in [1.165, 1.54) is 18.2 Å². The molecular weight excluding hydrogens is 463 g/mol. The first kappa shape index (κ1) is 23.1. The topological polar surface area (TPSA) is 58.2 Å². The lowest BCUT2D eigenvalue weighted by Crippen LogP contribution is -2.37. The Morgan fingerprint density at radius 1 is 0.971 bits per heavy atom. The van der Waals surface area contributed by atoms with Crippen LogP contribution in [0, 0.1) is 5.82 Å². The molecule has 0 unspecified atom stereocenters. The Balaban J connectivity index is 1.57. The molecule has 0 bridgehead atoms. The Bertz CT molecular complexity index is 1380. The third-order valence-electron chi connectivity index (χ3n) is 6.61. The van der Waals surface area contributed by atoms with Crippen molar-refractivity contribution in [1.29, 1.82) is 0 Å². The number of hydrogen-bond donors (Lipinski definition) is 2. The fourth-order valence-electron chi connectivity index (χ4n) is 5.09. The number of allylic oxidation sites excluding steroid dienone is 3. The number of hydrogen-bond acceptors (Lipinski definition) is 3. The van der Waals surface area contributed by atoms with Gasteiger partial charge in [-0.25, -0.2) is 4.39 Å². The quantitative estimate of drug-likeness (QED) is 0.443. The zero-order valence-corrected chi connectivity index (χ0v) is 19.9. The number of rotatable bonds is 4. The fraction of sp³-hybridized carbons (Fsp3) is 0.172. The van der Waals surface area contributed by atoms with Gasteiger partial charge in [0.1, 0.15) is 5.82 Å². The number of ketones is 1. The molecule has 2 N–H and O–H groups in total. The first-order valence-corrected chi connectivity index (χ1v) is 11.9. The molecular formula is C29H24ClFN2O2. The number of nitrogens with one attached hydrogen (secondary N) is 2. The summed E-state index contributed by atoms with van der Waals surface area (Å²) in [6.45, 7) is 1.83. The van der Waals surface area contributed by atoms with Gasteiger partial charge in [0.15, 0.2) is 5.78 Å². The summed E-state index contributed by atoms with van der Waals surface area (Å²) in [4.78, 5) is 27.2. The van der Waals surface area contributed by atoms with Crippen LogP contribution in [0.15, 0.2) is 101 Å². The van der Waals surface area contributed by atoms with Gasteiger partial charge in [-0.1, -0.05) is 60.1 Å². The Kier molecular flexibility index (Phi) is 6.27. The van der Waals surface area contributed by atoms with E-state index in [0.717, 1.165) is 16.8 Å². The molecule has 1 aliphatic heterocycles. The number of dihydropyridines is 1. The highest BCUT2D eigenvalue weighted by molar-refractivity contribution is 6.30. The molecule has 2 aliphatic rings. The Morgan fingerprint density at radius 2 is 1.71 bits per heavy atom. The van der Waals surface area contributed by atoms with E-state index in [1.807, 2.05) is 49.4 Å². The van der Waals surface area contributed by atoms with Crippen LogP contribution >= 0.6 is 11.6 Å². The first-order chi connectivity index (χ1) is 16.9. The van der Waals surface area contributed by atoms with Crippen molar-refractivity contribution >= 4 is 29.0 Å². The summed E-state index contributed by atoms with van der Waals surface area (Å²) in [5.41, 5.74) is 4.73. The second-order valence-electron chi connectivity index (χ2n) is 8.95. The molecule has 3 aromatic carbocycles. The van der Waals surface area contributed by atoms with E-state index in [2.05, 4.69) is 10.6 Å². The van der Waals surface area contributed by atoms with Gasteiger partial charge in [-0.15, -0.1) is 0 Å². The Hall–Kier alpha value is -3.70. The molecule has 0 saturated heterocycles. The van der Waals surface area contributed by atoms with Gasteiger partial charge in [-0.05, 0) is 60.7 Å². The van der Waals surface area contributed by atoms with Crippen molar-refractivity contribution in [3.8, 4) is 0 Å². The molecule has 176 valence electrons. The molecule has 0 spiro atoms. The zero-order valence-electron chi connectivity index (χ0n) is 19.1. The maximum absolute atomic E-state index is 13.7. The summed E-state index contributed by atoms with van der Waals surface area (Å²) in [6.07, 6.45) is 1.03. The SMILES string of the molecule is CC1=C(C(=O)Nc2cccc(F)c2)[C@H](c2cccc(Cl)c2)C2=C(C[C@H](c3ccccc3)CC2=O)N1. The second-order valence-corrected chi connectivity index (χ2v) is 9.38. The molecule has 4 nitrogen and oxygen atoms in total. The molecule has 35 heavy (non-hydrogen) atoms. The molecule has 6 heteroatoms. The van der Waals surface area contributed by atoms with Crippen molar-refractivity contribution in [2.24, 2.45) is 0 Å². The van der Waals surface area contributed by atoms with E-state index < -0.39 is 17.6 Å². The number of halogens is 2. The summed E-state index contributed by atoms with van der Waals surface area (Å²) >= 11 is 6.31. The number of Topliss-reactive ketones (excluding diaryl/α,β-unsaturated/α-hetero) is 1. The van der Waals surface area contributed by atoms with Gasteiger partial charge in [0.05, 0.1) is 0 Å². The third kappa shape index (κ3) is 4.64. The van der Waals surface area contributed by atoms with Crippen LogP contribution in [0.4, 0.5) is 10.1 Å². The normalized spacial score (nSPS) is 19.8. The van der Waals surface area contributed by atoms with Gasteiger partial charge >= 0.3 is 0 Å². The minimum absolute atomic E-state index is 0.00105. The molecule has 0 fully saturated rings. The summed E-state index contributed by atoms with van der Waals surface area (Å²) in [5, 5.41) is 6.68.